The van der Waals surface area contributed by atoms with Gasteiger partial charge in [-0.2, -0.15) is 5.26 Å². The molecular formula is C25H32N2O2. The lowest BCUT2D eigenvalue weighted by molar-refractivity contribution is -0.149. The molecular weight excluding hydrogens is 360 g/mol. The number of hydrogen-bond acceptors (Lipinski definition) is 4. The molecule has 0 aliphatic heterocycles. The Morgan fingerprint density at radius 1 is 1.14 bits per heavy atom. The second-order valence-corrected chi connectivity index (χ2v) is 7.75. The third-order valence-electron chi connectivity index (χ3n) is 5.19. The molecule has 0 N–H and O–H groups in total. The summed E-state index contributed by atoms with van der Waals surface area (Å²) in [6.45, 7) is 7.72. The van der Waals surface area contributed by atoms with Crippen molar-refractivity contribution in [2.75, 3.05) is 13.7 Å². The number of ether oxygens (including phenoxy) is 1. The Kier molecular flexibility index (Phi) is 8.89. The summed E-state index contributed by atoms with van der Waals surface area (Å²) >= 11 is 0. The Hall–Kier alpha value is -2.64. The zero-order valence-corrected chi connectivity index (χ0v) is 18.0. The number of carbonyl (C=O) groups is 1. The predicted octanol–water partition coefficient (Wildman–Crippen LogP) is 5.42. The summed E-state index contributed by atoms with van der Waals surface area (Å²) in [4.78, 5) is 14.7. The first kappa shape index (κ1) is 22.6. The molecule has 0 amide bonds. The van der Waals surface area contributed by atoms with Gasteiger partial charge in [0.2, 0.25) is 0 Å². The van der Waals surface area contributed by atoms with E-state index in [4.69, 9.17) is 4.74 Å². The number of benzene rings is 2. The molecule has 0 spiro atoms. The Bertz CT molecular complexity index is 824. The van der Waals surface area contributed by atoms with E-state index in [0.29, 0.717) is 12.1 Å². The molecule has 0 aliphatic carbocycles. The summed E-state index contributed by atoms with van der Waals surface area (Å²) in [5.74, 6) is -0.0546. The smallest absolute Gasteiger partial charge is 0.323 e. The number of methoxy groups -OCH3 is 1. The molecule has 4 nitrogen and oxygen atoms in total. The van der Waals surface area contributed by atoms with Gasteiger partial charge in [0, 0.05) is 6.54 Å². The number of nitrogens with zero attached hydrogens (tertiary/aromatic N) is 2. The fraction of sp³-hybridized carbons (Fsp3) is 0.440. The number of rotatable bonds is 10. The molecule has 0 saturated heterocycles. The quantitative estimate of drug-likeness (QED) is 0.400. The van der Waals surface area contributed by atoms with Crippen LogP contribution in [0.25, 0.3) is 11.1 Å². The molecule has 0 bridgehead atoms. The first-order valence-electron chi connectivity index (χ1n) is 10.4. The van der Waals surface area contributed by atoms with Gasteiger partial charge in [0.15, 0.2) is 0 Å². The van der Waals surface area contributed by atoms with E-state index in [1.807, 2.05) is 56.3 Å². The van der Waals surface area contributed by atoms with Gasteiger partial charge in [-0.25, -0.2) is 0 Å². The van der Waals surface area contributed by atoms with Crippen molar-refractivity contribution in [3.05, 3.63) is 59.7 Å². The molecule has 0 heterocycles. The minimum absolute atomic E-state index is 0.142. The molecule has 0 radical (unpaired) electrons. The van der Waals surface area contributed by atoms with Gasteiger partial charge in [-0.1, -0.05) is 76.1 Å². The summed E-state index contributed by atoms with van der Waals surface area (Å²) < 4.78 is 5.09. The van der Waals surface area contributed by atoms with Crippen LogP contribution in [0.5, 0.6) is 0 Å². The van der Waals surface area contributed by atoms with Gasteiger partial charge in [-0.15, -0.1) is 0 Å². The SMILES string of the molecule is CCCCCN(Cc1ccc(-c2ccccc2)c(C#N)c1)[C@@H](C(=O)OC)C(C)C. The van der Waals surface area contributed by atoms with Gasteiger partial charge in [0.05, 0.1) is 18.7 Å². The summed E-state index contributed by atoms with van der Waals surface area (Å²) in [5, 5.41) is 9.70. The number of hydrogen-bond donors (Lipinski definition) is 0. The maximum absolute atomic E-state index is 12.5. The Morgan fingerprint density at radius 2 is 1.86 bits per heavy atom. The normalized spacial score (nSPS) is 12.0. The Morgan fingerprint density at radius 3 is 2.45 bits per heavy atom. The number of nitriles is 1. The second-order valence-electron chi connectivity index (χ2n) is 7.75. The number of carbonyl (C=O) groups excluding carboxylic acids is 1. The van der Waals surface area contributed by atoms with Crippen LogP contribution in [0.15, 0.2) is 48.5 Å². The maximum Gasteiger partial charge on any atom is 0.323 e. The van der Waals surface area contributed by atoms with Crippen LogP contribution in [0.3, 0.4) is 0 Å². The van der Waals surface area contributed by atoms with Crippen molar-refractivity contribution in [2.24, 2.45) is 5.92 Å². The fourth-order valence-electron chi connectivity index (χ4n) is 3.73. The van der Waals surface area contributed by atoms with Crippen LogP contribution in [0.1, 0.15) is 51.2 Å². The van der Waals surface area contributed by atoms with Crippen molar-refractivity contribution in [1.82, 2.24) is 4.90 Å². The van der Waals surface area contributed by atoms with Crippen LogP contribution in [0.4, 0.5) is 0 Å². The highest BCUT2D eigenvalue weighted by Gasteiger charge is 2.29. The summed E-state index contributed by atoms with van der Waals surface area (Å²) in [5.41, 5.74) is 3.65. The molecule has 4 heteroatoms. The lowest BCUT2D eigenvalue weighted by Crippen LogP contribution is -2.45. The number of esters is 1. The maximum atomic E-state index is 12.5. The van der Waals surface area contributed by atoms with Crippen LogP contribution < -0.4 is 0 Å². The van der Waals surface area contributed by atoms with Gasteiger partial charge in [0.1, 0.15) is 6.04 Å². The fourth-order valence-corrected chi connectivity index (χ4v) is 3.73. The van der Waals surface area contributed by atoms with Crippen molar-refractivity contribution in [3.63, 3.8) is 0 Å². The molecule has 0 aliphatic rings. The van der Waals surface area contributed by atoms with Crippen molar-refractivity contribution >= 4 is 5.97 Å². The minimum Gasteiger partial charge on any atom is -0.468 e. The zero-order valence-electron chi connectivity index (χ0n) is 18.0. The van der Waals surface area contributed by atoms with Crippen molar-refractivity contribution in [2.45, 2.75) is 52.6 Å². The van der Waals surface area contributed by atoms with Gasteiger partial charge in [-0.05, 0) is 41.6 Å². The zero-order chi connectivity index (χ0) is 21.2. The molecule has 2 aromatic carbocycles. The summed E-state index contributed by atoms with van der Waals surface area (Å²) in [6, 6.07) is 18.0. The molecule has 154 valence electrons. The van der Waals surface area contributed by atoms with Gasteiger partial charge in [0.25, 0.3) is 0 Å². The van der Waals surface area contributed by atoms with E-state index >= 15 is 0 Å². The molecule has 0 fully saturated rings. The minimum atomic E-state index is -0.295. The molecule has 0 saturated carbocycles. The van der Waals surface area contributed by atoms with E-state index in [-0.39, 0.29) is 17.9 Å². The van der Waals surface area contributed by atoms with Gasteiger partial charge < -0.3 is 4.74 Å². The molecule has 0 aromatic heterocycles. The molecule has 2 aromatic rings. The van der Waals surface area contributed by atoms with Gasteiger partial charge in [-0.3, -0.25) is 9.69 Å². The van der Waals surface area contributed by atoms with Crippen LogP contribution >= 0.6 is 0 Å². The summed E-state index contributed by atoms with van der Waals surface area (Å²) in [7, 11) is 1.45. The largest absolute Gasteiger partial charge is 0.468 e. The first-order chi connectivity index (χ1) is 14.0. The summed E-state index contributed by atoms with van der Waals surface area (Å²) in [6.07, 6.45) is 3.28. The van der Waals surface area contributed by atoms with E-state index in [0.717, 1.165) is 42.5 Å². The van der Waals surface area contributed by atoms with Crippen molar-refractivity contribution in [3.8, 4) is 17.2 Å². The van der Waals surface area contributed by atoms with E-state index in [9.17, 15) is 10.1 Å². The molecule has 29 heavy (non-hydrogen) atoms. The molecule has 1 atom stereocenters. The third kappa shape index (κ3) is 6.17. The molecule has 0 unspecified atom stereocenters. The van der Waals surface area contributed by atoms with Gasteiger partial charge >= 0.3 is 5.97 Å². The van der Waals surface area contributed by atoms with E-state index in [2.05, 4.69) is 24.0 Å². The second kappa shape index (κ2) is 11.4. The monoisotopic (exact) mass is 392 g/mol. The predicted molar refractivity (Wildman–Crippen MR) is 117 cm³/mol. The highest BCUT2D eigenvalue weighted by Crippen LogP contribution is 2.26. The van der Waals surface area contributed by atoms with Crippen LogP contribution in [0, 0.1) is 17.2 Å². The standard InChI is InChI=1S/C25H32N2O2/c1-5-6-10-15-27(24(19(2)3)25(28)29-4)18-20-13-14-23(22(16-20)17-26)21-11-8-7-9-12-21/h7-9,11-14,16,19,24H,5-6,10,15,18H2,1-4H3/t24-/m1/s1. The average Bonchev–Trinajstić information content (AvgIpc) is 2.74. The van der Waals surface area contributed by atoms with E-state index in [1.165, 1.54) is 7.11 Å². The van der Waals surface area contributed by atoms with E-state index < -0.39 is 0 Å². The molecule has 2 rings (SSSR count). The Balaban J connectivity index is 2.32. The lowest BCUT2D eigenvalue weighted by Gasteiger charge is -2.32. The highest BCUT2D eigenvalue weighted by molar-refractivity contribution is 5.76. The van der Waals surface area contributed by atoms with Crippen LogP contribution in [-0.4, -0.2) is 30.6 Å². The van der Waals surface area contributed by atoms with Crippen LogP contribution in [-0.2, 0) is 16.1 Å². The lowest BCUT2D eigenvalue weighted by atomic mass is 9.97. The van der Waals surface area contributed by atoms with Crippen molar-refractivity contribution in [1.29, 1.82) is 5.26 Å². The first-order valence-corrected chi connectivity index (χ1v) is 10.4. The Labute approximate surface area is 175 Å². The van der Waals surface area contributed by atoms with Crippen molar-refractivity contribution < 1.29 is 9.53 Å². The third-order valence-corrected chi connectivity index (χ3v) is 5.19. The highest BCUT2D eigenvalue weighted by atomic mass is 16.5. The van der Waals surface area contributed by atoms with E-state index in [1.54, 1.807) is 0 Å². The average molecular weight is 393 g/mol. The van der Waals surface area contributed by atoms with Crippen LogP contribution in [0.2, 0.25) is 0 Å². The number of unbranched alkanes of at least 4 members (excludes halogenated alkanes) is 2. The topological polar surface area (TPSA) is 53.3 Å².